The first kappa shape index (κ1) is 45.0. The molecule has 0 spiro atoms. The zero-order chi connectivity index (χ0) is 36.7. The molecule has 0 amide bonds. The molecule has 1 N–H and O–H groups in total. The number of alkyl halides is 12. The summed E-state index contributed by atoms with van der Waals surface area (Å²) in [5.74, 6) is -44.6. The molecule has 0 aromatic heterocycles. The van der Waals surface area contributed by atoms with Crippen LogP contribution in [0.1, 0.15) is 65.2 Å². The van der Waals surface area contributed by atoms with Gasteiger partial charge in [-0.05, 0) is 19.8 Å². The van der Waals surface area contributed by atoms with E-state index in [2.05, 4.69) is 13.2 Å². The number of hydrogen-bond acceptors (Lipinski definition) is 6. The third-order valence-corrected chi connectivity index (χ3v) is 6.68. The van der Waals surface area contributed by atoms with Gasteiger partial charge in [-0.2, -0.15) is 52.7 Å². The smallest absolute Gasteiger partial charge is 0.384 e. The standard InChI is InChI=1S/C29H42F12O6/c1-5-6-7-8-9-11-24(30,31)26(34,35)28(38,39)29(40,41)27(36,37)25(32,33)12-10-22(17-46-19-45-15-20(2)3)18-47-23(43)21(4)16-44-14-13-42/h22,42H,2,4-19H2,1,3H3. The number of rotatable bonds is 27. The van der Waals surface area contributed by atoms with E-state index in [0.29, 0.717) is 18.4 Å². The number of carbonyl (C=O) groups excluding carboxylic acids is 1. The van der Waals surface area contributed by atoms with E-state index in [1.807, 2.05) is 0 Å². The van der Waals surface area contributed by atoms with Gasteiger partial charge >= 0.3 is 41.5 Å². The summed E-state index contributed by atoms with van der Waals surface area (Å²) in [6, 6.07) is 0. The summed E-state index contributed by atoms with van der Waals surface area (Å²) < 4.78 is 192. The van der Waals surface area contributed by atoms with Crippen LogP contribution < -0.4 is 0 Å². The van der Waals surface area contributed by atoms with E-state index in [1.165, 1.54) is 0 Å². The van der Waals surface area contributed by atoms with Crippen molar-refractivity contribution >= 4 is 5.97 Å². The van der Waals surface area contributed by atoms with Crippen LogP contribution in [0.25, 0.3) is 0 Å². The van der Waals surface area contributed by atoms with Gasteiger partial charge in [0.25, 0.3) is 0 Å². The molecule has 18 heteroatoms. The number of ether oxygens (including phenoxy) is 4. The molecule has 0 radical (unpaired) electrons. The number of esters is 1. The van der Waals surface area contributed by atoms with Gasteiger partial charge in [0.1, 0.15) is 6.79 Å². The fourth-order valence-electron chi connectivity index (χ4n) is 3.82. The van der Waals surface area contributed by atoms with Crippen molar-refractivity contribution in [3.63, 3.8) is 0 Å². The Balaban J connectivity index is 5.88. The van der Waals surface area contributed by atoms with Crippen molar-refractivity contribution in [2.45, 2.75) is 101 Å². The molecule has 0 bridgehead atoms. The highest BCUT2D eigenvalue weighted by Crippen LogP contribution is 2.61. The molecule has 47 heavy (non-hydrogen) atoms. The Kier molecular flexibility index (Phi) is 18.4. The van der Waals surface area contributed by atoms with Gasteiger partial charge in [-0.3, -0.25) is 0 Å². The molecule has 0 saturated heterocycles. The van der Waals surface area contributed by atoms with Gasteiger partial charge in [0.05, 0.1) is 45.2 Å². The monoisotopic (exact) mass is 714 g/mol. The van der Waals surface area contributed by atoms with Gasteiger partial charge in [0.2, 0.25) is 0 Å². The summed E-state index contributed by atoms with van der Waals surface area (Å²) in [4.78, 5) is 12.1. The largest absolute Gasteiger partial charge is 0.462 e. The van der Waals surface area contributed by atoms with Crippen LogP contribution in [0.5, 0.6) is 0 Å². The first-order valence-corrected chi connectivity index (χ1v) is 14.6. The quantitative estimate of drug-likeness (QED) is 0.0231. The molecule has 0 aromatic rings. The van der Waals surface area contributed by atoms with Crippen molar-refractivity contribution in [3.8, 4) is 0 Å². The van der Waals surface area contributed by atoms with Crippen molar-refractivity contribution in [3.05, 3.63) is 24.3 Å². The second-order valence-corrected chi connectivity index (χ2v) is 11.0. The zero-order valence-electron chi connectivity index (χ0n) is 26.1. The Morgan fingerprint density at radius 1 is 0.702 bits per heavy atom. The minimum Gasteiger partial charge on any atom is -0.462 e. The summed E-state index contributed by atoms with van der Waals surface area (Å²) in [7, 11) is 0. The minimum absolute atomic E-state index is 0.0383. The van der Waals surface area contributed by atoms with Crippen molar-refractivity contribution in [2.75, 3.05) is 46.4 Å². The lowest BCUT2D eigenvalue weighted by Gasteiger charge is -2.41. The molecule has 0 aliphatic rings. The average molecular weight is 715 g/mol. The van der Waals surface area contributed by atoms with Gasteiger partial charge in [0, 0.05) is 18.8 Å². The molecule has 0 fully saturated rings. The molecule has 6 nitrogen and oxygen atoms in total. The Hall–Kier alpha value is -2.05. The summed E-state index contributed by atoms with van der Waals surface area (Å²) in [5, 5.41) is 8.68. The van der Waals surface area contributed by atoms with Crippen LogP contribution in [0, 0.1) is 5.92 Å². The van der Waals surface area contributed by atoms with Gasteiger partial charge in [-0.25, -0.2) is 4.79 Å². The third-order valence-electron chi connectivity index (χ3n) is 6.68. The highest BCUT2D eigenvalue weighted by molar-refractivity contribution is 5.87. The van der Waals surface area contributed by atoms with E-state index in [1.54, 1.807) is 13.8 Å². The van der Waals surface area contributed by atoms with Crippen LogP contribution in [-0.4, -0.2) is 93.0 Å². The molecule has 1 unspecified atom stereocenters. The van der Waals surface area contributed by atoms with E-state index in [4.69, 9.17) is 24.1 Å². The van der Waals surface area contributed by atoms with E-state index in [-0.39, 0.29) is 31.6 Å². The Labute approximate surface area is 265 Å². The molecule has 1 atom stereocenters. The number of hydrogen-bond donors (Lipinski definition) is 1. The number of aliphatic hydroxyl groups excluding tert-OH is 1. The lowest BCUT2D eigenvalue weighted by Crippen LogP contribution is -2.70. The summed E-state index contributed by atoms with van der Waals surface area (Å²) in [5.41, 5.74) is 0.177. The molecular weight excluding hydrogens is 672 g/mol. The van der Waals surface area contributed by atoms with Crippen LogP contribution in [-0.2, 0) is 23.7 Å². The molecule has 0 heterocycles. The number of unbranched alkanes of at least 4 members (excludes halogenated alkanes) is 4. The fourth-order valence-corrected chi connectivity index (χ4v) is 3.82. The summed E-state index contributed by atoms with van der Waals surface area (Å²) in [6.45, 7) is 6.81. The van der Waals surface area contributed by atoms with Crippen LogP contribution in [0.15, 0.2) is 24.3 Å². The SMILES string of the molecule is C=C(C)COCOCC(CCC(F)(F)C(F)(F)C(F)(F)C(F)(F)C(F)(F)C(F)(F)CCCCCCC)COC(=O)C(=C)COCCO. The Bertz CT molecular complexity index is 975. The van der Waals surface area contributed by atoms with Crippen molar-refractivity contribution in [2.24, 2.45) is 5.92 Å². The van der Waals surface area contributed by atoms with E-state index in [0.717, 1.165) is 0 Å². The molecule has 0 rings (SSSR count). The topological polar surface area (TPSA) is 74.2 Å². The molecular formula is C29H42F12O6. The first-order valence-electron chi connectivity index (χ1n) is 14.6. The highest BCUT2D eigenvalue weighted by atomic mass is 19.4. The summed E-state index contributed by atoms with van der Waals surface area (Å²) in [6.07, 6.45) is -5.61. The van der Waals surface area contributed by atoms with Crippen molar-refractivity contribution < 1.29 is 81.5 Å². The molecule has 0 aliphatic heterocycles. The van der Waals surface area contributed by atoms with Gasteiger partial charge in [-0.15, -0.1) is 0 Å². The predicted octanol–water partition coefficient (Wildman–Crippen LogP) is 8.23. The maximum atomic E-state index is 14.6. The number of halogens is 12. The Morgan fingerprint density at radius 3 is 1.74 bits per heavy atom. The maximum absolute atomic E-state index is 14.6. The lowest BCUT2D eigenvalue weighted by atomic mass is 9.87. The lowest BCUT2D eigenvalue weighted by molar-refractivity contribution is -0.426. The number of carbonyl (C=O) groups is 1. The fraction of sp³-hybridized carbons (Fsp3) is 0.828. The van der Waals surface area contributed by atoms with Gasteiger partial charge in [0.15, 0.2) is 0 Å². The molecule has 0 aromatic carbocycles. The summed E-state index contributed by atoms with van der Waals surface area (Å²) >= 11 is 0. The second-order valence-electron chi connectivity index (χ2n) is 11.0. The number of aliphatic hydroxyl groups is 1. The first-order chi connectivity index (χ1) is 21.5. The normalized spacial score (nSPS) is 14.3. The molecule has 278 valence electrons. The van der Waals surface area contributed by atoms with Crippen LogP contribution >= 0.6 is 0 Å². The average Bonchev–Trinajstić information content (AvgIpc) is 2.96. The van der Waals surface area contributed by atoms with Crippen molar-refractivity contribution in [1.82, 2.24) is 0 Å². The third kappa shape index (κ3) is 12.4. The van der Waals surface area contributed by atoms with E-state index in [9.17, 15) is 57.5 Å². The van der Waals surface area contributed by atoms with Gasteiger partial charge < -0.3 is 24.1 Å². The maximum Gasteiger partial charge on any atom is 0.384 e. The van der Waals surface area contributed by atoms with E-state index < -0.39 is 106 Å². The van der Waals surface area contributed by atoms with Crippen LogP contribution in [0.3, 0.4) is 0 Å². The van der Waals surface area contributed by atoms with Crippen LogP contribution in [0.4, 0.5) is 52.7 Å². The van der Waals surface area contributed by atoms with E-state index >= 15 is 0 Å². The highest BCUT2D eigenvalue weighted by Gasteiger charge is 2.89. The Morgan fingerprint density at radius 2 is 1.23 bits per heavy atom. The molecule has 0 aliphatic carbocycles. The van der Waals surface area contributed by atoms with Gasteiger partial charge in [-0.1, -0.05) is 51.3 Å². The van der Waals surface area contributed by atoms with Crippen molar-refractivity contribution in [1.29, 1.82) is 0 Å². The minimum atomic E-state index is -7.67. The zero-order valence-corrected chi connectivity index (χ0v) is 26.1. The predicted molar refractivity (Wildman–Crippen MR) is 145 cm³/mol. The second kappa shape index (κ2) is 19.2. The molecule has 0 saturated carbocycles. The van der Waals surface area contributed by atoms with Crippen LogP contribution in [0.2, 0.25) is 0 Å².